The maximum atomic E-state index is 14.4. The largest absolute Gasteiger partial charge is 0.369 e. The predicted octanol–water partition coefficient (Wildman–Crippen LogP) is 3.84. The summed E-state index contributed by atoms with van der Waals surface area (Å²) in [5.41, 5.74) is 16.6. The Hall–Kier alpha value is -4.44. The van der Waals surface area contributed by atoms with Crippen LogP contribution in [-0.2, 0) is 6.42 Å². The highest BCUT2D eigenvalue weighted by atomic mass is 19.1. The molecule has 0 bridgehead atoms. The van der Waals surface area contributed by atoms with E-state index in [0.717, 1.165) is 28.6 Å². The van der Waals surface area contributed by atoms with Crippen LogP contribution in [0.15, 0.2) is 65.5 Å². The summed E-state index contributed by atoms with van der Waals surface area (Å²) < 4.78 is 30.3. The molecule has 4 N–H and O–H groups in total. The lowest BCUT2D eigenvalue weighted by molar-refractivity contribution is 0.437. The zero-order chi connectivity index (χ0) is 26.3. The van der Waals surface area contributed by atoms with Gasteiger partial charge in [0.05, 0.1) is 17.3 Å². The Morgan fingerprint density at radius 2 is 1.65 bits per heavy atom. The van der Waals surface area contributed by atoms with E-state index in [0.29, 0.717) is 16.9 Å². The van der Waals surface area contributed by atoms with Crippen LogP contribution in [0.1, 0.15) is 23.0 Å². The third-order valence-electron chi connectivity index (χ3n) is 6.22. The molecule has 1 unspecified atom stereocenters. The number of nitrogen functional groups attached to an aromatic ring is 1. The van der Waals surface area contributed by atoms with E-state index in [4.69, 9.17) is 11.5 Å². The monoisotopic (exact) mass is 501 g/mol. The number of anilines is 1. The van der Waals surface area contributed by atoms with E-state index in [1.807, 2.05) is 56.3 Å². The van der Waals surface area contributed by atoms with Gasteiger partial charge in [0.1, 0.15) is 11.6 Å². The SMILES string of the molecule is Cc1cc(-c2c(-c3ccccc3)nc(N)n3c(=O)n(C(CN)Cc4ccc(F)cc4F)nc23)cc(C)n1. The van der Waals surface area contributed by atoms with E-state index in [9.17, 15) is 13.6 Å². The van der Waals surface area contributed by atoms with Crippen LogP contribution < -0.4 is 17.2 Å². The molecule has 0 saturated heterocycles. The molecule has 0 saturated carbocycles. The highest BCUT2D eigenvalue weighted by molar-refractivity contribution is 5.90. The van der Waals surface area contributed by atoms with Crippen molar-refractivity contribution in [3.8, 4) is 22.4 Å². The molecule has 37 heavy (non-hydrogen) atoms. The van der Waals surface area contributed by atoms with E-state index < -0.39 is 23.4 Å². The predicted molar refractivity (Wildman–Crippen MR) is 138 cm³/mol. The van der Waals surface area contributed by atoms with Crippen LogP contribution >= 0.6 is 0 Å². The summed E-state index contributed by atoms with van der Waals surface area (Å²) >= 11 is 0. The Morgan fingerprint density at radius 3 is 2.30 bits per heavy atom. The quantitative estimate of drug-likeness (QED) is 0.365. The second-order valence-corrected chi connectivity index (χ2v) is 8.91. The minimum Gasteiger partial charge on any atom is -0.369 e. The van der Waals surface area contributed by atoms with Crippen molar-refractivity contribution in [2.24, 2.45) is 5.73 Å². The van der Waals surface area contributed by atoms with Crippen LogP contribution in [0.2, 0.25) is 0 Å². The van der Waals surface area contributed by atoms with Gasteiger partial charge >= 0.3 is 5.69 Å². The zero-order valence-electron chi connectivity index (χ0n) is 20.3. The molecule has 0 aliphatic carbocycles. The fourth-order valence-corrected chi connectivity index (χ4v) is 4.58. The summed E-state index contributed by atoms with van der Waals surface area (Å²) in [6.07, 6.45) is 0.0358. The van der Waals surface area contributed by atoms with Crippen molar-refractivity contribution in [1.82, 2.24) is 24.1 Å². The molecule has 0 radical (unpaired) electrons. The van der Waals surface area contributed by atoms with Gasteiger partial charge in [-0.15, -0.1) is 5.10 Å². The molecule has 3 heterocycles. The summed E-state index contributed by atoms with van der Waals surface area (Å²) in [6, 6.07) is 15.9. The van der Waals surface area contributed by atoms with Gasteiger partial charge in [0.2, 0.25) is 5.95 Å². The lowest BCUT2D eigenvalue weighted by Crippen LogP contribution is -2.32. The second kappa shape index (κ2) is 9.55. The first kappa shape index (κ1) is 24.3. The standard InChI is InChI=1S/C27H25F2N7O/c1-15-10-19(11-16(2)32-15)23-24(17-6-4-3-5-7-17)33-26(31)35-25(23)34-36(27(35)37)21(14-30)12-18-8-9-20(28)13-22(18)29/h3-11,13,21H,12,14,30H2,1-2H3,(H2,31,33). The fraction of sp³-hybridized carbons (Fsp3) is 0.185. The van der Waals surface area contributed by atoms with Crippen LogP contribution in [0.4, 0.5) is 14.7 Å². The third kappa shape index (κ3) is 4.47. The summed E-state index contributed by atoms with van der Waals surface area (Å²) in [5.74, 6) is -1.44. The van der Waals surface area contributed by atoms with Crippen molar-refractivity contribution >= 4 is 11.6 Å². The van der Waals surface area contributed by atoms with Crippen LogP contribution in [-0.4, -0.2) is 30.7 Å². The Morgan fingerprint density at radius 1 is 0.946 bits per heavy atom. The van der Waals surface area contributed by atoms with Crippen molar-refractivity contribution in [3.05, 3.63) is 99.7 Å². The number of nitrogens with two attached hydrogens (primary N) is 2. The van der Waals surface area contributed by atoms with Gasteiger partial charge in [-0.2, -0.15) is 0 Å². The highest BCUT2D eigenvalue weighted by Gasteiger charge is 2.25. The van der Waals surface area contributed by atoms with Gasteiger partial charge in [-0.1, -0.05) is 36.4 Å². The van der Waals surface area contributed by atoms with Crippen LogP contribution in [0, 0.1) is 25.5 Å². The molecule has 5 aromatic rings. The lowest BCUT2D eigenvalue weighted by atomic mass is 9.99. The van der Waals surface area contributed by atoms with E-state index in [1.165, 1.54) is 21.2 Å². The molecule has 188 valence electrons. The van der Waals surface area contributed by atoms with E-state index in [2.05, 4.69) is 15.1 Å². The average Bonchev–Trinajstić information content (AvgIpc) is 3.20. The number of rotatable bonds is 6. The topological polar surface area (TPSA) is 117 Å². The van der Waals surface area contributed by atoms with Crippen molar-refractivity contribution in [3.63, 3.8) is 0 Å². The molecule has 0 aliphatic heterocycles. The molecule has 0 fully saturated rings. The van der Waals surface area contributed by atoms with Gasteiger partial charge < -0.3 is 11.5 Å². The van der Waals surface area contributed by atoms with Crippen molar-refractivity contribution in [2.45, 2.75) is 26.3 Å². The van der Waals surface area contributed by atoms with Gasteiger partial charge in [-0.05, 0) is 49.6 Å². The minimum atomic E-state index is -0.716. The zero-order valence-corrected chi connectivity index (χ0v) is 20.3. The summed E-state index contributed by atoms with van der Waals surface area (Å²) in [4.78, 5) is 22.6. The van der Waals surface area contributed by atoms with Crippen molar-refractivity contribution < 1.29 is 8.78 Å². The Balaban J connectivity index is 1.77. The van der Waals surface area contributed by atoms with E-state index in [1.54, 1.807) is 0 Å². The normalized spacial score (nSPS) is 12.2. The van der Waals surface area contributed by atoms with Gasteiger partial charge in [0.15, 0.2) is 5.65 Å². The molecule has 2 aromatic carbocycles. The molecule has 10 heteroatoms. The van der Waals surface area contributed by atoms with Crippen LogP contribution in [0.25, 0.3) is 28.0 Å². The summed E-state index contributed by atoms with van der Waals surface area (Å²) in [7, 11) is 0. The number of hydrogen-bond donors (Lipinski definition) is 2. The van der Waals surface area contributed by atoms with Crippen molar-refractivity contribution in [2.75, 3.05) is 12.3 Å². The number of aromatic nitrogens is 5. The molecule has 0 spiro atoms. The maximum absolute atomic E-state index is 14.4. The number of halogens is 2. The van der Waals surface area contributed by atoms with Gasteiger partial charge in [-0.3, -0.25) is 4.98 Å². The first-order valence-corrected chi connectivity index (χ1v) is 11.7. The van der Waals surface area contributed by atoms with Crippen LogP contribution in [0.3, 0.4) is 0 Å². The number of nitrogens with zero attached hydrogens (tertiary/aromatic N) is 5. The molecule has 1 atom stereocenters. The van der Waals surface area contributed by atoms with Crippen molar-refractivity contribution in [1.29, 1.82) is 0 Å². The first-order valence-electron chi connectivity index (χ1n) is 11.7. The molecule has 5 rings (SSSR count). The molecule has 3 aromatic heterocycles. The molecule has 8 nitrogen and oxygen atoms in total. The van der Waals surface area contributed by atoms with E-state index in [-0.39, 0.29) is 24.5 Å². The average molecular weight is 502 g/mol. The Bertz CT molecular complexity index is 1660. The molecular weight excluding hydrogens is 476 g/mol. The number of aryl methyl sites for hydroxylation is 2. The number of pyridine rings is 1. The first-order chi connectivity index (χ1) is 17.8. The van der Waals surface area contributed by atoms with Gasteiger partial charge in [0.25, 0.3) is 0 Å². The molecule has 0 amide bonds. The number of fused-ring (bicyclic) bond motifs is 1. The molecule has 0 aliphatic rings. The van der Waals surface area contributed by atoms with Crippen LogP contribution in [0.5, 0.6) is 0 Å². The molecular formula is C27H25F2N7O. The Kier molecular flexibility index (Phi) is 6.26. The summed E-state index contributed by atoms with van der Waals surface area (Å²) in [5, 5.41) is 4.66. The third-order valence-corrected chi connectivity index (χ3v) is 6.22. The van der Waals surface area contributed by atoms with Gasteiger partial charge in [0, 0.05) is 29.6 Å². The summed E-state index contributed by atoms with van der Waals surface area (Å²) in [6.45, 7) is 3.75. The smallest absolute Gasteiger partial charge is 0.353 e. The minimum absolute atomic E-state index is 0.0116. The maximum Gasteiger partial charge on any atom is 0.353 e. The lowest BCUT2D eigenvalue weighted by Gasteiger charge is -2.14. The Labute approximate surface area is 211 Å². The second-order valence-electron chi connectivity index (χ2n) is 8.91. The van der Waals surface area contributed by atoms with Gasteiger partial charge in [-0.25, -0.2) is 27.6 Å². The number of benzene rings is 2. The fourth-order valence-electron chi connectivity index (χ4n) is 4.58. The van der Waals surface area contributed by atoms with E-state index >= 15 is 0 Å². The number of hydrogen-bond acceptors (Lipinski definition) is 6. The highest BCUT2D eigenvalue weighted by Crippen LogP contribution is 2.35.